The second-order valence-corrected chi connectivity index (χ2v) is 5.34. The fourth-order valence-corrected chi connectivity index (χ4v) is 2.23. The van der Waals surface area contributed by atoms with Crippen LogP contribution in [0.2, 0.25) is 0 Å². The monoisotopic (exact) mass is 298 g/mol. The molecule has 2 nitrogen and oxygen atoms in total. The lowest BCUT2D eigenvalue weighted by Crippen LogP contribution is -2.09. The summed E-state index contributed by atoms with van der Waals surface area (Å²) < 4.78 is 0. The maximum absolute atomic E-state index is 4.42. The first-order valence-corrected chi connectivity index (χ1v) is 7.62. The number of nitrogens with zero attached hydrogens (tertiary/aromatic N) is 1. The molecule has 0 aliphatic heterocycles. The quantitative estimate of drug-likeness (QED) is 0.715. The van der Waals surface area contributed by atoms with Gasteiger partial charge in [0.05, 0.1) is 0 Å². The van der Waals surface area contributed by atoms with Crippen LogP contribution in [-0.2, 0) is 0 Å². The second-order valence-electron chi connectivity index (χ2n) is 5.34. The Labute approximate surface area is 137 Å². The molecular weight excluding hydrogens is 280 g/mol. The molecule has 0 amide bonds. The Morgan fingerprint density at radius 2 is 1.57 bits per heavy atom. The average Bonchev–Trinajstić information content (AvgIpc) is 2.62. The van der Waals surface area contributed by atoms with E-state index in [1.807, 2.05) is 73.8 Å². The number of aromatic nitrogens is 1. The van der Waals surface area contributed by atoms with Crippen LogP contribution < -0.4 is 5.32 Å². The van der Waals surface area contributed by atoms with Gasteiger partial charge in [0.1, 0.15) is 11.9 Å². The number of pyridine rings is 1. The van der Waals surface area contributed by atoms with Gasteiger partial charge in [-0.3, -0.25) is 0 Å². The Morgan fingerprint density at radius 1 is 0.870 bits per heavy atom. The minimum absolute atomic E-state index is 0.105. The van der Waals surface area contributed by atoms with Gasteiger partial charge in [0.2, 0.25) is 0 Å². The standard InChI is InChI=1S/C21H18N2/c1-17-12-15-21(22-16-17)23-20(19-10-6-3-7-11-19)14-13-18-8-4-2-5-9-18/h2-12,15-16,20H,1H3,(H,22,23). The van der Waals surface area contributed by atoms with Gasteiger partial charge in [-0.1, -0.05) is 66.4 Å². The maximum atomic E-state index is 4.42. The van der Waals surface area contributed by atoms with Crippen LogP contribution in [0.4, 0.5) is 5.82 Å². The van der Waals surface area contributed by atoms with Gasteiger partial charge in [-0.25, -0.2) is 4.98 Å². The maximum Gasteiger partial charge on any atom is 0.127 e. The van der Waals surface area contributed by atoms with Crippen molar-refractivity contribution in [2.24, 2.45) is 0 Å². The van der Waals surface area contributed by atoms with Crippen LogP contribution >= 0.6 is 0 Å². The van der Waals surface area contributed by atoms with Gasteiger partial charge in [0.15, 0.2) is 0 Å². The molecule has 0 bridgehead atoms. The Hall–Kier alpha value is -3.05. The van der Waals surface area contributed by atoms with Crippen LogP contribution in [-0.4, -0.2) is 4.98 Å². The van der Waals surface area contributed by atoms with E-state index >= 15 is 0 Å². The van der Waals surface area contributed by atoms with Crippen LogP contribution in [0.3, 0.4) is 0 Å². The van der Waals surface area contributed by atoms with E-state index in [1.54, 1.807) is 0 Å². The third-order valence-corrected chi connectivity index (χ3v) is 3.47. The zero-order valence-corrected chi connectivity index (χ0v) is 13.0. The second kappa shape index (κ2) is 7.29. The summed E-state index contributed by atoms with van der Waals surface area (Å²) in [6.07, 6.45) is 1.86. The van der Waals surface area contributed by atoms with Crippen molar-refractivity contribution in [1.82, 2.24) is 4.98 Å². The smallest absolute Gasteiger partial charge is 0.127 e. The molecule has 1 aromatic heterocycles. The van der Waals surface area contributed by atoms with Gasteiger partial charge in [0.25, 0.3) is 0 Å². The molecule has 0 spiro atoms. The SMILES string of the molecule is Cc1ccc(NC(C#Cc2ccccc2)c2ccccc2)nc1. The first kappa shape index (κ1) is 14.9. The summed E-state index contributed by atoms with van der Waals surface area (Å²) >= 11 is 0. The summed E-state index contributed by atoms with van der Waals surface area (Å²) in [6.45, 7) is 2.03. The van der Waals surface area contributed by atoms with Gasteiger partial charge in [-0.2, -0.15) is 0 Å². The molecule has 1 N–H and O–H groups in total. The van der Waals surface area contributed by atoms with E-state index < -0.39 is 0 Å². The van der Waals surface area contributed by atoms with E-state index in [2.05, 4.69) is 34.3 Å². The minimum Gasteiger partial charge on any atom is -0.353 e. The molecule has 1 atom stereocenters. The number of nitrogens with one attached hydrogen (secondary N) is 1. The Bertz CT molecular complexity index is 797. The molecule has 3 rings (SSSR count). The fraction of sp³-hybridized carbons (Fsp3) is 0.0952. The van der Waals surface area contributed by atoms with Crippen molar-refractivity contribution in [2.45, 2.75) is 13.0 Å². The molecule has 0 fully saturated rings. The van der Waals surface area contributed by atoms with E-state index in [0.29, 0.717) is 0 Å². The summed E-state index contributed by atoms with van der Waals surface area (Å²) in [5, 5.41) is 3.41. The van der Waals surface area contributed by atoms with Crippen molar-refractivity contribution >= 4 is 5.82 Å². The predicted molar refractivity (Wildman–Crippen MR) is 95.1 cm³/mol. The number of aryl methyl sites for hydroxylation is 1. The van der Waals surface area contributed by atoms with E-state index in [0.717, 1.165) is 22.5 Å². The molecular formula is C21H18N2. The lowest BCUT2D eigenvalue weighted by molar-refractivity contribution is 0.999. The highest BCUT2D eigenvalue weighted by Crippen LogP contribution is 2.18. The van der Waals surface area contributed by atoms with E-state index in [9.17, 15) is 0 Å². The zero-order chi connectivity index (χ0) is 15.9. The molecule has 3 aromatic rings. The Morgan fingerprint density at radius 3 is 2.22 bits per heavy atom. The molecule has 2 aromatic carbocycles. The van der Waals surface area contributed by atoms with Crippen LogP contribution in [0.25, 0.3) is 0 Å². The number of hydrogen-bond donors (Lipinski definition) is 1. The van der Waals surface area contributed by atoms with Gasteiger partial charge in [0, 0.05) is 11.8 Å². The normalized spacial score (nSPS) is 11.2. The van der Waals surface area contributed by atoms with Crippen molar-refractivity contribution in [1.29, 1.82) is 0 Å². The van der Waals surface area contributed by atoms with Crippen molar-refractivity contribution in [3.05, 3.63) is 95.7 Å². The highest BCUT2D eigenvalue weighted by Gasteiger charge is 2.08. The van der Waals surface area contributed by atoms with E-state index in [4.69, 9.17) is 0 Å². The summed E-state index contributed by atoms with van der Waals surface area (Å²) in [5.41, 5.74) is 3.27. The van der Waals surface area contributed by atoms with Gasteiger partial charge < -0.3 is 5.32 Å². The molecule has 23 heavy (non-hydrogen) atoms. The van der Waals surface area contributed by atoms with Crippen LogP contribution in [0.1, 0.15) is 22.7 Å². The van der Waals surface area contributed by atoms with E-state index in [-0.39, 0.29) is 6.04 Å². The number of rotatable bonds is 3. The third kappa shape index (κ3) is 4.21. The summed E-state index contributed by atoms with van der Waals surface area (Å²) in [5.74, 6) is 7.37. The van der Waals surface area contributed by atoms with Gasteiger partial charge in [-0.05, 0) is 36.2 Å². The number of anilines is 1. The van der Waals surface area contributed by atoms with Crippen molar-refractivity contribution in [3.63, 3.8) is 0 Å². The van der Waals surface area contributed by atoms with Crippen LogP contribution in [0.15, 0.2) is 79.0 Å². The van der Waals surface area contributed by atoms with Crippen molar-refractivity contribution in [3.8, 4) is 11.8 Å². The zero-order valence-electron chi connectivity index (χ0n) is 13.0. The van der Waals surface area contributed by atoms with Crippen molar-refractivity contribution in [2.75, 3.05) is 5.32 Å². The summed E-state index contributed by atoms with van der Waals surface area (Å²) in [4.78, 5) is 4.42. The van der Waals surface area contributed by atoms with E-state index in [1.165, 1.54) is 0 Å². The first-order valence-electron chi connectivity index (χ1n) is 7.62. The van der Waals surface area contributed by atoms with Gasteiger partial charge >= 0.3 is 0 Å². The topological polar surface area (TPSA) is 24.9 Å². The molecule has 0 aliphatic carbocycles. The number of hydrogen-bond acceptors (Lipinski definition) is 2. The largest absolute Gasteiger partial charge is 0.353 e. The average molecular weight is 298 g/mol. The summed E-state index contributed by atoms with van der Waals surface area (Å²) in [6, 6.07) is 24.1. The van der Waals surface area contributed by atoms with Crippen LogP contribution in [0.5, 0.6) is 0 Å². The third-order valence-electron chi connectivity index (χ3n) is 3.47. The summed E-state index contributed by atoms with van der Waals surface area (Å²) in [7, 11) is 0. The van der Waals surface area contributed by atoms with Gasteiger partial charge in [-0.15, -0.1) is 0 Å². The molecule has 0 saturated heterocycles. The Balaban J connectivity index is 1.88. The van der Waals surface area contributed by atoms with Crippen LogP contribution in [0, 0.1) is 18.8 Å². The first-order chi connectivity index (χ1) is 11.3. The highest BCUT2D eigenvalue weighted by atomic mass is 15.0. The molecule has 0 saturated carbocycles. The fourth-order valence-electron chi connectivity index (χ4n) is 2.23. The highest BCUT2D eigenvalue weighted by molar-refractivity contribution is 5.45. The molecule has 112 valence electrons. The molecule has 0 aliphatic rings. The Kier molecular flexibility index (Phi) is 4.71. The minimum atomic E-state index is -0.105. The lowest BCUT2D eigenvalue weighted by atomic mass is 10.1. The van der Waals surface area contributed by atoms with Crippen molar-refractivity contribution < 1.29 is 0 Å². The molecule has 1 unspecified atom stereocenters. The molecule has 0 radical (unpaired) electrons. The molecule has 2 heteroatoms. The lowest BCUT2D eigenvalue weighted by Gasteiger charge is -2.14. The molecule has 1 heterocycles. The predicted octanol–water partition coefficient (Wildman–Crippen LogP) is 4.59. The number of benzene rings is 2.